The number of benzene rings is 2. The summed E-state index contributed by atoms with van der Waals surface area (Å²) in [6.45, 7) is 1.44. The molecule has 0 saturated heterocycles. The van der Waals surface area contributed by atoms with Crippen LogP contribution in [0.5, 0.6) is 0 Å². The number of aryl methyl sites for hydroxylation is 1. The summed E-state index contributed by atoms with van der Waals surface area (Å²) in [5.74, 6) is -0.528. The number of amides is 1. The van der Waals surface area contributed by atoms with Crippen molar-refractivity contribution in [3.63, 3.8) is 0 Å². The molecular formula is C17H18BrN3O3S. The molecule has 1 amide bonds. The average molecular weight is 424 g/mol. The van der Waals surface area contributed by atoms with E-state index < -0.39 is 15.9 Å². The number of carbonyl (C=O) groups is 1. The number of sulfonamides is 1. The summed E-state index contributed by atoms with van der Waals surface area (Å²) in [5, 5.41) is 3.87. The Morgan fingerprint density at radius 2 is 1.96 bits per heavy atom. The third-order valence-electron chi connectivity index (χ3n) is 3.32. The van der Waals surface area contributed by atoms with Gasteiger partial charge in [-0.05, 0) is 36.2 Å². The van der Waals surface area contributed by atoms with Gasteiger partial charge in [0.25, 0.3) is 5.91 Å². The first-order valence-electron chi connectivity index (χ1n) is 7.38. The lowest BCUT2D eigenvalue weighted by Crippen LogP contribution is -2.39. The van der Waals surface area contributed by atoms with Crippen LogP contribution >= 0.6 is 15.9 Å². The van der Waals surface area contributed by atoms with Gasteiger partial charge in [-0.3, -0.25) is 9.10 Å². The first kappa shape index (κ1) is 19.1. The SMILES string of the molecule is Cc1ccccc1N(CC(=O)N/N=C\c1cccc(Br)c1)S(C)(=O)=O. The summed E-state index contributed by atoms with van der Waals surface area (Å²) in [5.41, 5.74) is 4.38. The Morgan fingerprint density at radius 1 is 1.24 bits per heavy atom. The van der Waals surface area contributed by atoms with Gasteiger partial charge in [0, 0.05) is 4.47 Å². The Bertz CT molecular complexity index is 898. The summed E-state index contributed by atoms with van der Waals surface area (Å²) in [6.07, 6.45) is 2.55. The van der Waals surface area contributed by atoms with Crippen molar-refractivity contribution in [3.05, 3.63) is 64.1 Å². The number of para-hydroxylation sites is 1. The number of halogens is 1. The van der Waals surface area contributed by atoms with Crippen LogP contribution in [0.15, 0.2) is 58.1 Å². The van der Waals surface area contributed by atoms with E-state index in [2.05, 4.69) is 26.5 Å². The minimum Gasteiger partial charge on any atom is -0.271 e. The Kier molecular flexibility index (Phi) is 6.33. The number of nitrogens with one attached hydrogen (secondary N) is 1. The lowest BCUT2D eigenvalue weighted by atomic mass is 10.2. The maximum absolute atomic E-state index is 12.1. The molecule has 0 bridgehead atoms. The normalized spacial score (nSPS) is 11.5. The van der Waals surface area contributed by atoms with Crippen molar-refractivity contribution in [3.8, 4) is 0 Å². The quantitative estimate of drug-likeness (QED) is 0.572. The minimum absolute atomic E-state index is 0.348. The van der Waals surface area contributed by atoms with E-state index in [-0.39, 0.29) is 6.54 Å². The zero-order chi connectivity index (χ0) is 18.4. The fraction of sp³-hybridized carbons (Fsp3) is 0.176. The first-order chi connectivity index (χ1) is 11.8. The highest BCUT2D eigenvalue weighted by Gasteiger charge is 2.21. The van der Waals surface area contributed by atoms with Crippen molar-refractivity contribution in [2.75, 3.05) is 17.1 Å². The van der Waals surface area contributed by atoms with E-state index in [0.717, 1.165) is 26.2 Å². The van der Waals surface area contributed by atoms with Gasteiger partial charge < -0.3 is 0 Å². The molecule has 0 aliphatic rings. The predicted octanol–water partition coefficient (Wildman–Crippen LogP) is 2.67. The van der Waals surface area contributed by atoms with Crippen LogP contribution in [-0.4, -0.2) is 33.3 Å². The van der Waals surface area contributed by atoms with Crippen LogP contribution < -0.4 is 9.73 Å². The third-order valence-corrected chi connectivity index (χ3v) is 4.94. The molecule has 0 aliphatic carbocycles. The van der Waals surface area contributed by atoms with E-state index in [1.807, 2.05) is 30.3 Å². The molecule has 0 fully saturated rings. The number of nitrogens with zero attached hydrogens (tertiary/aromatic N) is 2. The molecule has 132 valence electrons. The summed E-state index contributed by atoms with van der Waals surface area (Å²) in [7, 11) is -3.60. The largest absolute Gasteiger partial charge is 0.271 e. The molecule has 0 heterocycles. The lowest BCUT2D eigenvalue weighted by Gasteiger charge is -2.23. The Labute approximate surface area is 155 Å². The standard InChI is InChI=1S/C17H18BrN3O3S/c1-13-6-3-4-9-16(13)21(25(2,23)24)12-17(22)20-19-11-14-7-5-8-15(18)10-14/h3-11H,12H2,1-2H3,(H,20,22)/b19-11-. The average Bonchev–Trinajstić information content (AvgIpc) is 2.52. The van der Waals surface area contributed by atoms with Crippen molar-refractivity contribution in [1.29, 1.82) is 0 Å². The van der Waals surface area contributed by atoms with Gasteiger partial charge in [-0.2, -0.15) is 5.10 Å². The molecule has 25 heavy (non-hydrogen) atoms. The van der Waals surface area contributed by atoms with E-state index in [1.54, 1.807) is 25.1 Å². The topological polar surface area (TPSA) is 78.8 Å². The highest BCUT2D eigenvalue weighted by molar-refractivity contribution is 9.10. The molecule has 0 radical (unpaired) electrons. The Hall–Kier alpha value is -2.19. The van der Waals surface area contributed by atoms with Gasteiger partial charge in [0.1, 0.15) is 6.54 Å². The van der Waals surface area contributed by atoms with Gasteiger partial charge >= 0.3 is 0 Å². The fourth-order valence-electron chi connectivity index (χ4n) is 2.16. The van der Waals surface area contributed by atoms with Crippen molar-refractivity contribution in [1.82, 2.24) is 5.43 Å². The molecule has 2 aromatic carbocycles. The second-order valence-electron chi connectivity index (χ2n) is 5.40. The summed E-state index contributed by atoms with van der Waals surface area (Å²) in [6, 6.07) is 14.4. The molecule has 8 heteroatoms. The van der Waals surface area contributed by atoms with Gasteiger partial charge in [-0.15, -0.1) is 0 Å². The predicted molar refractivity (Wildman–Crippen MR) is 103 cm³/mol. The molecule has 0 aliphatic heterocycles. The van der Waals surface area contributed by atoms with Gasteiger partial charge in [0.2, 0.25) is 10.0 Å². The number of hydrazone groups is 1. The number of hydrogen-bond donors (Lipinski definition) is 1. The van der Waals surface area contributed by atoms with E-state index in [4.69, 9.17) is 0 Å². The highest BCUT2D eigenvalue weighted by Crippen LogP contribution is 2.21. The summed E-state index contributed by atoms with van der Waals surface area (Å²) in [4.78, 5) is 12.1. The van der Waals surface area contributed by atoms with E-state index >= 15 is 0 Å². The van der Waals surface area contributed by atoms with Crippen LogP contribution in [0.4, 0.5) is 5.69 Å². The molecule has 6 nitrogen and oxygen atoms in total. The maximum atomic E-state index is 12.1. The Balaban J connectivity index is 2.09. The van der Waals surface area contributed by atoms with Crippen molar-refractivity contribution >= 4 is 43.8 Å². The number of rotatable bonds is 6. The summed E-state index contributed by atoms with van der Waals surface area (Å²) >= 11 is 3.35. The van der Waals surface area contributed by atoms with Crippen molar-refractivity contribution < 1.29 is 13.2 Å². The van der Waals surface area contributed by atoms with Crippen LogP contribution in [0.25, 0.3) is 0 Å². The first-order valence-corrected chi connectivity index (χ1v) is 10.0. The van der Waals surface area contributed by atoms with E-state index in [0.29, 0.717) is 5.69 Å². The monoisotopic (exact) mass is 423 g/mol. The molecule has 0 aromatic heterocycles. The van der Waals surface area contributed by atoms with Crippen LogP contribution in [0.2, 0.25) is 0 Å². The van der Waals surface area contributed by atoms with Crippen LogP contribution in [-0.2, 0) is 14.8 Å². The lowest BCUT2D eigenvalue weighted by molar-refractivity contribution is -0.119. The molecule has 0 unspecified atom stereocenters. The van der Waals surface area contributed by atoms with Gasteiger partial charge in [0.15, 0.2) is 0 Å². The van der Waals surface area contributed by atoms with Crippen LogP contribution in [0, 0.1) is 6.92 Å². The fourth-order valence-corrected chi connectivity index (χ4v) is 3.49. The second kappa shape index (κ2) is 8.26. The molecule has 0 spiro atoms. The number of hydrogen-bond acceptors (Lipinski definition) is 4. The molecule has 2 aromatic rings. The van der Waals surface area contributed by atoms with Gasteiger partial charge in [-0.25, -0.2) is 13.8 Å². The van der Waals surface area contributed by atoms with Crippen LogP contribution in [0.3, 0.4) is 0 Å². The van der Waals surface area contributed by atoms with E-state index in [1.165, 1.54) is 6.21 Å². The van der Waals surface area contributed by atoms with Crippen LogP contribution in [0.1, 0.15) is 11.1 Å². The molecule has 1 N–H and O–H groups in total. The molecular weight excluding hydrogens is 406 g/mol. The molecule has 0 atom stereocenters. The second-order valence-corrected chi connectivity index (χ2v) is 8.23. The highest BCUT2D eigenvalue weighted by atomic mass is 79.9. The summed E-state index contributed by atoms with van der Waals surface area (Å²) < 4.78 is 26.1. The zero-order valence-electron chi connectivity index (χ0n) is 13.8. The smallest absolute Gasteiger partial charge is 0.260 e. The molecule has 0 saturated carbocycles. The Morgan fingerprint density at radius 3 is 2.60 bits per heavy atom. The third kappa shape index (κ3) is 5.68. The number of anilines is 1. The van der Waals surface area contributed by atoms with Gasteiger partial charge in [-0.1, -0.05) is 46.3 Å². The van der Waals surface area contributed by atoms with Gasteiger partial charge in [0.05, 0.1) is 18.2 Å². The van der Waals surface area contributed by atoms with E-state index in [9.17, 15) is 13.2 Å². The zero-order valence-corrected chi connectivity index (χ0v) is 16.2. The maximum Gasteiger partial charge on any atom is 0.260 e. The minimum atomic E-state index is -3.60. The van der Waals surface area contributed by atoms with Crippen molar-refractivity contribution in [2.24, 2.45) is 5.10 Å². The molecule has 2 rings (SSSR count). The number of carbonyl (C=O) groups excluding carboxylic acids is 1. The van der Waals surface area contributed by atoms with Crippen molar-refractivity contribution in [2.45, 2.75) is 6.92 Å².